The standard InChI is InChI=1S/C29H24O/c30-29-25(19-23-15-7-13-21-9-3-5-17-27(21)23)11-1-2-12-26(29)20-24-16-8-14-22-10-4-6-18-28(22)24/h3-10,13-20H,1-2,11-12H2/b25-19-,26-20-. The highest BCUT2D eigenvalue weighted by atomic mass is 16.1. The van der Waals surface area contributed by atoms with Crippen molar-refractivity contribution in [2.45, 2.75) is 25.7 Å². The zero-order chi connectivity index (χ0) is 20.3. The lowest BCUT2D eigenvalue weighted by atomic mass is 9.95. The lowest BCUT2D eigenvalue weighted by Crippen LogP contribution is -2.04. The summed E-state index contributed by atoms with van der Waals surface area (Å²) in [6.07, 6.45) is 8.02. The Morgan fingerprint density at radius 1 is 0.533 bits per heavy atom. The molecule has 30 heavy (non-hydrogen) atoms. The number of hydrogen-bond donors (Lipinski definition) is 0. The van der Waals surface area contributed by atoms with Gasteiger partial charge >= 0.3 is 0 Å². The monoisotopic (exact) mass is 388 g/mol. The molecule has 0 unspecified atom stereocenters. The third-order valence-electron chi connectivity index (χ3n) is 6.03. The van der Waals surface area contributed by atoms with Gasteiger partial charge in [-0.3, -0.25) is 4.79 Å². The Morgan fingerprint density at radius 2 is 0.967 bits per heavy atom. The van der Waals surface area contributed by atoms with Crippen LogP contribution in [0.25, 0.3) is 33.7 Å². The van der Waals surface area contributed by atoms with Crippen molar-refractivity contribution in [1.82, 2.24) is 0 Å². The van der Waals surface area contributed by atoms with Crippen LogP contribution in [0, 0.1) is 0 Å². The number of Topliss-reactive ketones (excluding diaryl/α,β-unsaturated/α-hetero) is 1. The Kier molecular flexibility index (Phi) is 5.03. The van der Waals surface area contributed by atoms with E-state index in [-0.39, 0.29) is 5.78 Å². The summed E-state index contributed by atoms with van der Waals surface area (Å²) in [4.78, 5) is 13.5. The summed E-state index contributed by atoms with van der Waals surface area (Å²) in [5, 5.41) is 4.81. The highest BCUT2D eigenvalue weighted by molar-refractivity contribution is 6.14. The van der Waals surface area contributed by atoms with Crippen molar-refractivity contribution in [3.8, 4) is 0 Å². The molecular weight excluding hydrogens is 364 g/mol. The molecule has 0 saturated heterocycles. The van der Waals surface area contributed by atoms with E-state index in [2.05, 4.69) is 97.1 Å². The normalized spacial score (nSPS) is 17.7. The number of benzene rings is 4. The molecule has 1 aliphatic carbocycles. The van der Waals surface area contributed by atoms with E-state index in [1.165, 1.54) is 21.5 Å². The largest absolute Gasteiger partial charge is 0.289 e. The maximum Gasteiger partial charge on any atom is 0.185 e. The van der Waals surface area contributed by atoms with E-state index in [0.717, 1.165) is 48.0 Å². The molecule has 4 aromatic carbocycles. The van der Waals surface area contributed by atoms with E-state index in [9.17, 15) is 4.79 Å². The van der Waals surface area contributed by atoms with Crippen LogP contribution in [0.2, 0.25) is 0 Å². The van der Waals surface area contributed by atoms with E-state index in [4.69, 9.17) is 0 Å². The van der Waals surface area contributed by atoms with Gasteiger partial charge in [-0.1, -0.05) is 84.9 Å². The molecule has 0 heterocycles. The third kappa shape index (κ3) is 3.59. The number of rotatable bonds is 2. The van der Waals surface area contributed by atoms with Crippen LogP contribution in [-0.2, 0) is 4.79 Å². The maximum absolute atomic E-state index is 13.5. The number of hydrogen-bond acceptors (Lipinski definition) is 1. The first-order valence-electron chi connectivity index (χ1n) is 10.7. The summed E-state index contributed by atoms with van der Waals surface area (Å²) in [6, 6.07) is 29.4. The first-order valence-corrected chi connectivity index (χ1v) is 10.7. The molecule has 1 fully saturated rings. The van der Waals surface area contributed by atoms with Gasteiger partial charge in [-0.05, 0) is 70.5 Å². The average molecular weight is 389 g/mol. The molecule has 0 spiro atoms. The highest BCUT2D eigenvalue weighted by Crippen LogP contribution is 2.30. The molecule has 4 aromatic rings. The minimum Gasteiger partial charge on any atom is -0.289 e. The van der Waals surface area contributed by atoms with E-state index in [0.29, 0.717) is 0 Å². The van der Waals surface area contributed by atoms with Gasteiger partial charge in [-0.25, -0.2) is 0 Å². The molecular formula is C29H24O. The maximum atomic E-state index is 13.5. The topological polar surface area (TPSA) is 17.1 Å². The molecule has 1 saturated carbocycles. The second-order valence-electron chi connectivity index (χ2n) is 8.01. The molecule has 1 heteroatoms. The van der Waals surface area contributed by atoms with Crippen LogP contribution < -0.4 is 0 Å². The van der Waals surface area contributed by atoms with Crippen LogP contribution in [0.5, 0.6) is 0 Å². The van der Waals surface area contributed by atoms with E-state index >= 15 is 0 Å². The minimum atomic E-state index is 0.202. The van der Waals surface area contributed by atoms with E-state index in [1.54, 1.807) is 0 Å². The fourth-order valence-corrected chi connectivity index (χ4v) is 4.47. The molecule has 146 valence electrons. The van der Waals surface area contributed by atoms with Gasteiger partial charge in [0.1, 0.15) is 0 Å². The first kappa shape index (κ1) is 18.6. The summed E-state index contributed by atoms with van der Waals surface area (Å²) < 4.78 is 0. The molecule has 0 amide bonds. The van der Waals surface area contributed by atoms with Crippen molar-refractivity contribution in [3.05, 3.63) is 107 Å². The van der Waals surface area contributed by atoms with Gasteiger partial charge in [0, 0.05) is 11.1 Å². The summed E-state index contributed by atoms with van der Waals surface area (Å²) >= 11 is 0. The SMILES string of the molecule is O=C1/C(=C\c2cccc3ccccc23)CCCC/C1=C/c1cccc2ccccc12. The van der Waals surface area contributed by atoms with Gasteiger partial charge in [0.15, 0.2) is 5.78 Å². The van der Waals surface area contributed by atoms with E-state index < -0.39 is 0 Å². The number of fused-ring (bicyclic) bond motifs is 2. The van der Waals surface area contributed by atoms with Gasteiger partial charge in [0.05, 0.1) is 0 Å². The molecule has 1 nitrogen and oxygen atoms in total. The Bertz CT molecular complexity index is 1190. The lowest BCUT2D eigenvalue weighted by Gasteiger charge is -2.08. The molecule has 0 N–H and O–H groups in total. The van der Waals surface area contributed by atoms with Crippen LogP contribution >= 0.6 is 0 Å². The van der Waals surface area contributed by atoms with Crippen LogP contribution in [0.1, 0.15) is 36.8 Å². The Labute approximate surface area is 177 Å². The summed E-state index contributed by atoms with van der Waals surface area (Å²) in [5.41, 5.74) is 4.11. The average Bonchev–Trinajstić information content (AvgIpc) is 2.96. The van der Waals surface area contributed by atoms with Crippen molar-refractivity contribution in [3.63, 3.8) is 0 Å². The predicted octanol–water partition coefficient (Wildman–Crippen LogP) is 7.60. The third-order valence-corrected chi connectivity index (χ3v) is 6.03. The van der Waals surface area contributed by atoms with Crippen molar-refractivity contribution < 1.29 is 4.79 Å². The fraction of sp³-hybridized carbons (Fsp3) is 0.138. The number of carbonyl (C=O) groups excluding carboxylic acids is 1. The number of carbonyl (C=O) groups is 1. The van der Waals surface area contributed by atoms with Crippen LogP contribution in [-0.4, -0.2) is 5.78 Å². The Balaban J connectivity index is 1.58. The molecule has 0 aromatic heterocycles. The zero-order valence-electron chi connectivity index (χ0n) is 17.0. The predicted molar refractivity (Wildman–Crippen MR) is 127 cm³/mol. The summed E-state index contributed by atoms with van der Waals surface area (Å²) in [6.45, 7) is 0. The van der Waals surface area contributed by atoms with Crippen molar-refractivity contribution in [1.29, 1.82) is 0 Å². The van der Waals surface area contributed by atoms with E-state index in [1.807, 2.05) is 0 Å². The lowest BCUT2D eigenvalue weighted by molar-refractivity contribution is -0.112. The second-order valence-corrected chi connectivity index (χ2v) is 8.01. The Morgan fingerprint density at radius 3 is 1.47 bits per heavy atom. The number of ketones is 1. The summed E-state index contributed by atoms with van der Waals surface area (Å²) in [7, 11) is 0. The van der Waals surface area contributed by atoms with Gasteiger partial charge in [0.25, 0.3) is 0 Å². The Hall–Kier alpha value is -3.45. The molecule has 0 aliphatic heterocycles. The zero-order valence-corrected chi connectivity index (χ0v) is 17.0. The molecule has 0 bridgehead atoms. The molecule has 1 aliphatic rings. The number of allylic oxidation sites excluding steroid dienone is 2. The van der Waals surface area contributed by atoms with Crippen molar-refractivity contribution in [2.24, 2.45) is 0 Å². The first-order chi connectivity index (χ1) is 14.8. The smallest absolute Gasteiger partial charge is 0.185 e. The van der Waals surface area contributed by atoms with Crippen LogP contribution in [0.3, 0.4) is 0 Å². The second kappa shape index (κ2) is 8.12. The van der Waals surface area contributed by atoms with Gasteiger partial charge in [0.2, 0.25) is 0 Å². The van der Waals surface area contributed by atoms with Gasteiger partial charge in [-0.15, -0.1) is 0 Å². The van der Waals surface area contributed by atoms with Crippen LogP contribution in [0.15, 0.2) is 96.1 Å². The highest BCUT2D eigenvalue weighted by Gasteiger charge is 2.19. The van der Waals surface area contributed by atoms with Gasteiger partial charge < -0.3 is 0 Å². The molecule has 5 rings (SSSR count). The fourth-order valence-electron chi connectivity index (χ4n) is 4.47. The van der Waals surface area contributed by atoms with Gasteiger partial charge in [-0.2, -0.15) is 0 Å². The summed E-state index contributed by atoms with van der Waals surface area (Å²) in [5.74, 6) is 0.202. The van der Waals surface area contributed by atoms with Crippen LogP contribution in [0.4, 0.5) is 0 Å². The van der Waals surface area contributed by atoms with Crippen molar-refractivity contribution >= 4 is 39.5 Å². The quantitative estimate of drug-likeness (QED) is 0.255. The minimum absolute atomic E-state index is 0.202. The molecule has 0 atom stereocenters. The van der Waals surface area contributed by atoms with Crippen molar-refractivity contribution in [2.75, 3.05) is 0 Å². The molecule has 0 radical (unpaired) electrons.